The molecule has 1 N–H and O–H groups in total. The first kappa shape index (κ1) is 9.98. The van der Waals surface area contributed by atoms with Gasteiger partial charge in [-0.25, -0.2) is 0 Å². The summed E-state index contributed by atoms with van der Waals surface area (Å²) in [6, 6.07) is 0. The van der Waals surface area contributed by atoms with Gasteiger partial charge < -0.3 is 15.1 Å². The highest BCUT2D eigenvalue weighted by Gasteiger charge is 2.17. The fourth-order valence-electron chi connectivity index (χ4n) is 1.30. The van der Waals surface area contributed by atoms with Crippen molar-refractivity contribution >= 4 is 12.3 Å². The molecular weight excluding hydrogens is 170 g/mol. The molecule has 0 aliphatic carbocycles. The lowest BCUT2D eigenvalue weighted by molar-refractivity contribution is -0.132. The summed E-state index contributed by atoms with van der Waals surface area (Å²) in [5.74, 6) is 0.000185. The predicted molar refractivity (Wildman–Crippen MR) is 48.1 cm³/mol. The van der Waals surface area contributed by atoms with E-state index in [2.05, 4.69) is 10.2 Å². The van der Waals surface area contributed by atoms with E-state index in [4.69, 9.17) is 0 Å². The molecule has 5 nitrogen and oxygen atoms in total. The Bertz CT molecular complexity index is 188. The van der Waals surface area contributed by atoms with Crippen molar-refractivity contribution in [2.45, 2.75) is 0 Å². The maximum absolute atomic E-state index is 11.3. The minimum Gasteiger partial charge on any atom is -0.350 e. The average Bonchev–Trinajstić information content (AvgIpc) is 2.15. The van der Waals surface area contributed by atoms with Gasteiger partial charge in [0.15, 0.2) is 0 Å². The molecule has 0 unspecified atom stereocenters. The molecule has 5 heteroatoms. The van der Waals surface area contributed by atoms with Crippen LogP contribution in [0.1, 0.15) is 0 Å². The minimum absolute atomic E-state index is 0.000185. The van der Waals surface area contributed by atoms with Crippen LogP contribution in [-0.2, 0) is 9.59 Å². The van der Waals surface area contributed by atoms with E-state index in [0.29, 0.717) is 6.41 Å². The van der Waals surface area contributed by atoms with Crippen LogP contribution in [-0.4, -0.2) is 61.9 Å². The zero-order valence-electron chi connectivity index (χ0n) is 7.82. The fourth-order valence-corrected chi connectivity index (χ4v) is 1.30. The molecule has 0 atom stereocenters. The van der Waals surface area contributed by atoms with E-state index in [-0.39, 0.29) is 12.5 Å². The lowest BCUT2D eigenvalue weighted by atomic mass is 10.3. The van der Waals surface area contributed by atoms with E-state index < -0.39 is 0 Å². The number of amides is 2. The molecule has 1 heterocycles. The average molecular weight is 185 g/mol. The summed E-state index contributed by atoms with van der Waals surface area (Å²) >= 11 is 0. The zero-order chi connectivity index (χ0) is 9.68. The quantitative estimate of drug-likeness (QED) is 0.545. The molecule has 1 rings (SSSR count). The van der Waals surface area contributed by atoms with Gasteiger partial charge in [-0.05, 0) is 7.05 Å². The predicted octanol–water partition coefficient (Wildman–Crippen LogP) is -1.49. The minimum atomic E-state index is 0.000185. The van der Waals surface area contributed by atoms with Crippen LogP contribution in [0.25, 0.3) is 0 Å². The Kier molecular flexibility index (Phi) is 3.70. The maximum atomic E-state index is 11.3. The smallest absolute Gasteiger partial charge is 0.242 e. The Balaban J connectivity index is 2.27. The zero-order valence-corrected chi connectivity index (χ0v) is 7.82. The van der Waals surface area contributed by atoms with Crippen LogP contribution in [0.3, 0.4) is 0 Å². The second kappa shape index (κ2) is 4.81. The number of rotatable bonds is 3. The first-order valence-electron chi connectivity index (χ1n) is 4.37. The van der Waals surface area contributed by atoms with Crippen LogP contribution in [0, 0.1) is 0 Å². The highest BCUT2D eigenvalue weighted by molar-refractivity contribution is 5.80. The standard InChI is InChI=1S/C8H15N3O2/c1-10-2-4-11(5-3-10)8(13)6-9-7-12/h7H,2-6H2,1H3,(H,9,12). The molecule has 2 amide bonds. The van der Waals surface area contributed by atoms with E-state index in [1.165, 1.54) is 0 Å². The van der Waals surface area contributed by atoms with Gasteiger partial charge in [-0.2, -0.15) is 0 Å². The third kappa shape index (κ3) is 3.02. The monoisotopic (exact) mass is 185 g/mol. The summed E-state index contributed by atoms with van der Waals surface area (Å²) in [4.78, 5) is 25.3. The summed E-state index contributed by atoms with van der Waals surface area (Å²) in [7, 11) is 2.03. The van der Waals surface area contributed by atoms with Gasteiger partial charge in [0.2, 0.25) is 12.3 Å². The van der Waals surface area contributed by atoms with Crippen LogP contribution < -0.4 is 5.32 Å². The number of hydrogen-bond donors (Lipinski definition) is 1. The molecule has 74 valence electrons. The van der Waals surface area contributed by atoms with Crippen molar-refractivity contribution in [2.24, 2.45) is 0 Å². The molecule has 1 aliphatic heterocycles. The third-order valence-electron chi connectivity index (χ3n) is 2.19. The van der Waals surface area contributed by atoms with Crippen molar-refractivity contribution in [3.8, 4) is 0 Å². The number of likely N-dealkylation sites (N-methyl/N-ethyl adjacent to an activating group) is 1. The topological polar surface area (TPSA) is 52.6 Å². The molecule has 0 spiro atoms. The SMILES string of the molecule is CN1CCN(C(=O)CNC=O)CC1. The van der Waals surface area contributed by atoms with Crippen molar-refractivity contribution < 1.29 is 9.59 Å². The second-order valence-corrected chi connectivity index (χ2v) is 3.18. The molecule has 0 aromatic rings. The number of nitrogens with zero attached hydrogens (tertiary/aromatic N) is 2. The van der Waals surface area contributed by atoms with E-state index in [9.17, 15) is 9.59 Å². The summed E-state index contributed by atoms with van der Waals surface area (Å²) < 4.78 is 0. The van der Waals surface area contributed by atoms with Gasteiger partial charge in [-0.15, -0.1) is 0 Å². The Morgan fingerprint density at radius 2 is 2.00 bits per heavy atom. The molecule has 0 saturated carbocycles. The summed E-state index contributed by atoms with van der Waals surface area (Å²) in [6.07, 6.45) is 0.550. The molecule has 1 aliphatic rings. The van der Waals surface area contributed by atoms with Crippen molar-refractivity contribution in [1.29, 1.82) is 0 Å². The lowest BCUT2D eigenvalue weighted by Gasteiger charge is -2.32. The van der Waals surface area contributed by atoms with E-state index in [0.717, 1.165) is 26.2 Å². The number of piperazine rings is 1. The van der Waals surface area contributed by atoms with Crippen molar-refractivity contribution in [1.82, 2.24) is 15.1 Å². The normalized spacial score (nSPS) is 18.4. The molecule has 0 aromatic heterocycles. The number of nitrogens with one attached hydrogen (secondary N) is 1. The number of carbonyl (C=O) groups excluding carboxylic acids is 2. The number of carbonyl (C=O) groups is 2. The van der Waals surface area contributed by atoms with Gasteiger partial charge in [0.25, 0.3) is 0 Å². The van der Waals surface area contributed by atoms with Gasteiger partial charge in [-0.1, -0.05) is 0 Å². The molecule has 0 bridgehead atoms. The number of hydrogen-bond acceptors (Lipinski definition) is 3. The highest BCUT2D eigenvalue weighted by Crippen LogP contribution is 1.98. The maximum Gasteiger partial charge on any atom is 0.242 e. The van der Waals surface area contributed by atoms with E-state index >= 15 is 0 Å². The molecule has 13 heavy (non-hydrogen) atoms. The Morgan fingerprint density at radius 1 is 1.38 bits per heavy atom. The van der Waals surface area contributed by atoms with Crippen LogP contribution in [0.4, 0.5) is 0 Å². The molecule has 0 radical (unpaired) electrons. The van der Waals surface area contributed by atoms with Crippen molar-refractivity contribution in [3.05, 3.63) is 0 Å². The second-order valence-electron chi connectivity index (χ2n) is 3.18. The van der Waals surface area contributed by atoms with Crippen LogP contribution in [0.5, 0.6) is 0 Å². The molecular formula is C8H15N3O2. The molecule has 0 aromatic carbocycles. The van der Waals surface area contributed by atoms with Crippen molar-refractivity contribution in [2.75, 3.05) is 39.8 Å². The third-order valence-corrected chi connectivity index (χ3v) is 2.19. The van der Waals surface area contributed by atoms with Crippen molar-refractivity contribution in [3.63, 3.8) is 0 Å². The van der Waals surface area contributed by atoms with Gasteiger partial charge in [0, 0.05) is 26.2 Å². The largest absolute Gasteiger partial charge is 0.350 e. The summed E-state index contributed by atoms with van der Waals surface area (Å²) in [5.41, 5.74) is 0. The first-order valence-corrected chi connectivity index (χ1v) is 4.37. The summed E-state index contributed by atoms with van der Waals surface area (Å²) in [6.45, 7) is 3.46. The molecule has 1 saturated heterocycles. The van der Waals surface area contributed by atoms with Crippen LogP contribution >= 0.6 is 0 Å². The summed E-state index contributed by atoms with van der Waals surface area (Å²) in [5, 5.41) is 2.37. The Morgan fingerprint density at radius 3 is 2.54 bits per heavy atom. The molecule has 1 fully saturated rings. The van der Waals surface area contributed by atoms with Gasteiger partial charge in [-0.3, -0.25) is 9.59 Å². The highest BCUT2D eigenvalue weighted by atomic mass is 16.2. The van der Waals surface area contributed by atoms with E-state index in [1.54, 1.807) is 4.90 Å². The van der Waals surface area contributed by atoms with Gasteiger partial charge in [0.05, 0.1) is 6.54 Å². The van der Waals surface area contributed by atoms with Gasteiger partial charge >= 0.3 is 0 Å². The Hall–Kier alpha value is -1.10. The first-order chi connectivity index (χ1) is 6.24. The van der Waals surface area contributed by atoms with E-state index in [1.807, 2.05) is 7.05 Å². The fraction of sp³-hybridized carbons (Fsp3) is 0.750. The van der Waals surface area contributed by atoms with Crippen LogP contribution in [0.2, 0.25) is 0 Å². The van der Waals surface area contributed by atoms with Crippen LogP contribution in [0.15, 0.2) is 0 Å². The lowest BCUT2D eigenvalue weighted by Crippen LogP contribution is -2.49. The van der Waals surface area contributed by atoms with Gasteiger partial charge in [0.1, 0.15) is 0 Å². The Labute approximate surface area is 77.7 Å².